The smallest absolute Gasteiger partial charge is 0.217 e. The second-order valence-corrected chi connectivity index (χ2v) is 21.2. The van der Waals surface area contributed by atoms with Crippen LogP contribution >= 0.6 is 0 Å². The Balaban J connectivity index is 2.42. The molecule has 0 saturated carbocycles. The van der Waals surface area contributed by atoms with Crippen LogP contribution in [0, 0.1) is 0 Å². The fourth-order valence-corrected chi connectivity index (χ4v) is 5.23. The average molecular weight is 462 g/mol. The summed E-state index contributed by atoms with van der Waals surface area (Å²) in [7, 11) is -3.97. The lowest BCUT2D eigenvalue weighted by Gasteiger charge is -2.45. The van der Waals surface area contributed by atoms with Gasteiger partial charge in [-0.05, 0) is 54.5 Å². The molecule has 6 heteroatoms. The highest BCUT2D eigenvalue weighted by Crippen LogP contribution is 2.40. The first-order valence-corrected chi connectivity index (χ1v) is 17.1. The molecule has 3 atom stereocenters. The van der Waals surface area contributed by atoms with Crippen LogP contribution in [0.4, 0.5) is 0 Å². The summed E-state index contributed by atoms with van der Waals surface area (Å²) in [6.07, 6.45) is 1.37. The van der Waals surface area contributed by atoms with Crippen LogP contribution < -0.4 is 0 Å². The first-order chi connectivity index (χ1) is 14.1. The third-order valence-electron chi connectivity index (χ3n) is 7.14. The van der Waals surface area contributed by atoms with Crippen molar-refractivity contribution in [3.63, 3.8) is 0 Å². The fourth-order valence-electron chi connectivity index (χ4n) is 2.88. The van der Waals surface area contributed by atoms with Crippen LogP contribution in [-0.2, 0) is 13.6 Å². The molecular weight excluding hydrogens is 418 g/mol. The SMILES string of the molecule is C=C[C@H]1OC(c2ccccc2)=N[C@H](CO[Si](C)(C)C(C)(C)C)[C@H]1O[Si](C)(C)C(C)(C)C. The second-order valence-electron chi connectivity index (χ2n) is 11.6. The molecule has 0 unspecified atom stereocenters. The highest BCUT2D eigenvalue weighted by Gasteiger charge is 2.46. The molecule has 0 saturated heterocycles. The van der Waals surface area contributed by atoms with Crippen molar-refractivity contribution in [2.45, 2.75) is 96.1 Å². The summed E-state index contributed by atoms with van der Waals surface area (Å²) in [6, 6.07) is 9.92. The zero-order valence-electron chi connectivity index (χ0n) is 21.3. The molecule has 4 nitrogen and oxygen atoms in total. The lowest BCUT2D eigenvalue weighted by atomic mass is 10.0. The average Bonchev–Trinajstić information content (AvgIpc) is 2.65. The van der Waals surface area contributed by atoms with Crippen molar-refractivity contribution in [1.29, 1.82) is 0 Å². The number of aliphatic imine (C=N–C) groups is 1. The van der Waals surface area contributed by atoms with Gasteiger partial charge in [0.15, 0.2) is 16.6 Å². The summed E-state index contributed by atoms with van der Waals surface area (Å²) in [5.41, 5.74) is 0.970. The molecule has 0 aliphatic carbocycles. The van der Waals surface area contributed by atoms with Gasteiger partial charge in [-0.1, -0.05) is 66.3 Å². The van der Waals surface area contributed by atoms with Crippen molar-refractivity contribution in [2.75, 3.05) is 6.61 Å². The Morgan fingerprint density at radius 2 is 1.52 bits per heavy atom. The molecule has 1 aromatic rings. The molecule has 1 aliphatic rings. The van der Waals surface area contributed by atoms with Crippen LogP contribution in [-0.4, -0.2) is 47.4 Å². The van der Waals surface area contributed by atoms with Crippen molar-refractivity contribution >= 4 is 22.5 Å². The van der Waals surface area contributed by atoms with Gasteiger partial charge in [-0.25, -0.2) is 4.99 Å². The molecule has 1 aromatic carbocycles. The molecule has 0 fully saturated rings. The number of rotatable bonds is 7. The highest BCUT2D eigenvalue weighted by atomic mass is 28.4. The minimum Gasteiger partial charge on any atom is -0.467 e. The second kappa shape index (κ2) is 9.34. The highest BCUT2D eigenvalue weighted by molar-refractivity contribution is 6.74. The van der Waals surface area contributed by atoms with Gasteiger partial charge in [0, 0.05) is 5.56 Å². The van der Waals surface area contributed by atoms with E-state index in [1.807, 2.05) is 36.4 Å². The largest absolute Gasteiger partial charge is 0.467 e. The van der Waals surface area contributed by atoms with E-state index in [1.54, 1.807) is 0 Å². The molecule has 0 aromatic heterocycles. The van der Waals surface area contributed by atoms with Gasteiger partial charge < -0.3 is 13.6 Å². The molecule has 0 amide bonds. The lowest BCUT2D eigenvalue weighted by Crippen LogP contribution is -2.55. The van der Waals surface area contributed by atoms with E-state index < -0.39 is 16.6 Å². The quantitative estimate of drug-likeness (QED) is 0.331. The predicted molar refractivity (Wildman–Crippen MR) is 137 cm³/mol. The van der Waals surface area contributed by atoms with Crippen molar-refractivity contribution in [3.8, 4) is 0 Å². The van der Waals surface area contributed by atoms with E-state index in [0.717, 1.165) is 5.56 Å². The number of benzene rings is 1. The Morgan fingerprint density at radius 1 is 0.968 bits per heavy atom. The number of ether oxygens (including phenoxy) is 1. The molecule has 0 bridgehead atoms. The monoisotopic (exact) mass is 461 g/mol. The number of hydrogen-bond acceptors (Lipinski definition) is 4. The molecule has 0 radical (unpaired) electrons. The molecule has 2 rings (SSSR count). The maximum atomic E-state index is 6.87. The maximum Gasteiger partial charge on any atom is 0.217 e. The molecule has 0 spiro atoms. The van der Waals surface area contributed by atoms with Crippen LogP contribution in [0.25, 0.3) is 0 Å². The van der Waals surface area contributed by atoms with Gasteiger partial charge in [0.05, 0.1) is 6.61 Å². The number of hydrogen-bond donors (Lipinski definition) is 0. The van der Waals surface area contributed by atoms with E-state index in [-0.39, 0.29) is 28.3 Å². The molecular formula is C25H43NO3Si2. The van der Waals surface area contributed by atoms with E-state index in [1.165, 1.54) is 0 Å². The summed E-state index contributed by atoms with van der Waals surface area (Å²) in [4.78, 5) is 5.02. The van der Waals surface area contributed by atoms with E-state index in [9.17, 15) is 0 Å². The molecule has 31 heavy (non-hydrogen) atoms. The van der Waals surface area contributed by atoms with Gasteiger partial charge in [-0.2, -0.15) is 0 Å². The summed E-state index contributed by atoms with van der Waals surface area (Å²) >= 11 is 0. The summed E-state index contributed by atoms with van der Waals surface area (Å²) in [5.74, 6) is 0.643. The van der Waals surface area contributed by atoms with Gasteiger partial charge in [-0.15, -0.1) is 0 Å². The normalized spacial score (nSPS) is 23.2. The summed E-state index contributed by atoms with van der Waals surface area (Å²) in [5, 5.41) is 0.227. The van der Waals surface area contributed by atoms with Crippen LogP contribution in [0.2, 0.25) is 36.3 Å². The van der Waals surface area contributed by atoms with Crippen LogP contribution in [0.5, 0.6) is 0 Å². The first-order valence-electron chi connectivity index (χ1n) is 11.3. The van der Waals surface area contributed by atoms with Crippen LogP contribution in [0.15, 0.2) is 48.0 Å². The predicted octanol–water partition coefficient (Wildman–Crippen LogP) is 6.80. The van der Waals surface area contributed by atoms with Gasteiger partial charge in [0.2, 0.25) is 5.90 Å². The Kier molecular flexibility index (Phi) is 7.84. The Morgan fingerprint density at radius 3 is 2.00 bits per heavy atom. The Hall–Kier alpha value is -1.22. The molecule has 1 heterocycles. The Labute approximate surface area is 192 Å². The fraction of sp³-hybridized carbons (Fsp3) is 0.640. The zero-order chi connectivity index (χ0) is 23.7. The minimum absolute atomic E-state index is 0.0903. The van der Waals surface area contributed by atoms with Crippen LogP contribution in [0.3, 0.4) is 0 Å². The summed E-state index contributed by atoms with van der Waals surface area (Å²) < 4.78 is 19.8. The third-order valence-corrected chi connectivity index (χ3v) is 16.1. The van der Waals surface area contributed by atoms with Crippen molar-refractivity contribution in [3.05, 3.63) is 48.6 Å². The van der Waals surface area contributed by atoms with E-state index in [2.05, 4.69) is 74.3 Å². The van der Waals surface area contributed by atoms with Crippen molar-refractivity contribution < 1.29 is 13.6 Å². The molecule has 174 valence electrons. The van der Waals surface area contributed by atoms with Crippen molar-refractivity contribution in [1.82, 2.24) is 0 Å². The summed E-state index contributed by atoms with van der Waals surface area (Å²) in [6.45, 7) is 27.2. The van der Waals surface area contributed by atoms with Gasteiger partial charge in [0.1, 0.15) is 18.2 Å². The van der Waals surface area contributed by atoms with Crippen LogP contribution in [0.1, 0.15) is 47.1 Å². The van der Waals surface area contributed by atoms with Crippen molar-refractivity contribution in [2.24, 2.45) is 4.99 Å². The van der Waals surface area contributed by atoms with E-state index >= 15 is 0 Å². The van der Waals surface area contributed by atoms with Gasteiger partial charge in [0.25, 0.3) is 0 Å². The van der Waals surface area contributed by atoms with E-state index in [4.69, 9.17) is 18.6 Å². The standard InChI is InChI=1S/C25H43NO3Si2/c1-12-21-22(29-31(10,11)25(5,6)7)20(18-27-30(8,9)24(2,3)4)26-23(28-21)19-16-14-13-15-17-19/h12-17,20-22H,1,18H2,2-11H3/t20-,21-,22-/m1/s1. The minimum atomic E-state index is -2.05. The third kappa shape index (κ3) is 6.18. The Bertz CT molecular complexity index is 776. The molecule has 1 aliphatic heterocycles. The van der Waals surface area contributed by atoms with E-state index in [0.29, 0.717) is 12.5 Å². The topological polar surface area (TPSA) is 40.0 Å². The maximum absolute atomic E-state index is 6.87. The number of nitrogens with zero attached hydrogens (tertiary/aromatic N) is 1. The zero-order valence-corrected chi connectivity index (χ0v) is 23.3. The molecule has 0 N–H and O–H groups in total. The van der Waals surface area contributed by atoms with Gasteiger partial charge in [-0.3, -0.25) is 0 Å². The van der Waals surface area contributed by atoms with Gasteiger partial charge >= 0.3 is 0 Å². The lowest BCUT2D eigenvalue weighted by molar-refractivity contribution is 0.0192. The first kappa shape index (κ1) is 26.0.